The average Bonchev–Trinajstić information content (AvgIpc) is 2.37. The average molecular weight is 283 g/mol. The van der Waals surface area contributed by atoms with Crippen LogP contribution in [0.1, 0.15) is 47.3 Å². The van der Waals surface area contributed by atoms with Crippen molar-refractivity contribution < 1.29 is 4.74 Å². The van der Waals surface area contributed by atoms with Gasteiger partial charge in [0.05, 0.1) is 7.11 Å². The van der Waals surface area contributed by atoms with Crippen LogP contribution >= 0.6 is 15.9 Å². The second-order valence-corrected chi connectivity index (χ2v) is 6.47. The van der Waals surface area contributed by atoms with E-state index in [1.807, 2.05) is 0 Å². The molecule has 2 heteroatoms. The molecule has 1 aromatic rings. The summed E-state index contributed by atoms with van der Waals surface area (Å²) in [6.07, 6.45) is 1.16. The van der Waals surface area contributed by atoms with Crippen molar-refractivity contribution >= 4 is 15.9 Å². The van der Waals surface area contributed by atoms with Gasteiger partial charge in [-0.15, -0.1) is 0 Å². The lowest BCUT2D eigenvalue weighted by molar-refractivity contribution is 0.408. The van der Waals surface area contributed by atoms with Crippen LogP contribution in [0.25, 0.3) is 0 Å². The zero-order chi connectivity index (χ0) is 12.1. The molecule has 0 N–H and O–H groups in total. The maximum Gasteiger partial charge on any atom is 0.125 e. The highest BCUT2D eigenvalue weighted by atomic mass is 79.9. The molecule has 0 aromatic heterocycles. The van der Waals surface area contributed by atoms with Gasteiger partial charge in [-0.25, -0.2) is 0 Å². The molecule has 1 aliphatic carbocycles. The molecule has 88 valence electrons. The summed E-state index contributed by atoms with van der Waals surface area (Å²) < 4.78 is 5.50. The van der Waals surface area contributed by atoms with Gasteiger partial charge in [-0.2, -0.15) is 0 Å². The standard InChI is InChI=1S/C14H19BrO/c1-8-6-10-12(9(2)13(8)16-5)11(15)7-14(10,3)4/h6,11H,7H2,1-5H3. The lowest BCUT2D eigenvalue weighted by atomic mass is 9.85. The number of hydrogen-bond donors (Lipinski definition) is 0. The van der Waals surface area contributed by atoms with Crippen LogP contribution in [0.4, 0.5) is 0 Å². The first-order valence-corrected chi connectivity index (χ1v) is 6.62. The Morgan fingerprint density at radius 2 is 2.00 bits per heavy atom. The fourth-order valence-corrected chi connectivity index (χ4v) is 4.32. The van der Waals surface area contributed by atoms with Crippen LogP contribution in [0.3, 0.4) is 0 Å². The summed E-state index contributed by atoms with van der Waals surface area (Å²) in [5.41, 5.74) is 5.72. The molecular formula is C14H19BrO. The normalized spacial score (nSPS) is 22.0. The molecule has 0 saturated heterocycles. The van der Waals surface area contributed by atoms with Crippen molar-refractivity contribution in [3.05, 3.63) is 28.3 Å². The van der Waals surface area contributed by atoms with E-state index in [2.05, 4.69) is 49.7 Å². The van der Waals surface area contributed by atoms with Crippen molar-refractivity contribution in [2.45, 2.75) is 44.4 Å². The molecule has 16 heavy (non-hydrogen) atoms. The second-order valence-electron chi connectivity index (χ2n) is 5.37. The Morgan fingerprint density at radius 1 is 1.38 bits per heavy atom. The summed E-state index contributed by atoms with van der Waals surface area (Å²) in [5, 5.41) is 0. The first-order chi connectivity index (χ1) is 7.38. The molecule has 0 saturated carbocycles. The topological polar surface area (TPSA) is 9.23 Å². The van der Waals surface area contributed by atoms with Gasteiger partial charge in [-0.05, 0) is 47.9 Å². The molecule has 2 rings (SSSR count). The molecule has 0 aliphatic heterocycles. The third-order valence-electron chi connectivity index (χ3n) is 3.69. The van der Waals surface area contributed by atoms with Gasteiger partial charge in [0.1, 0.15) is 5.75 Å². The van der Waals surface area contributed by atoms with E-state index in [0.29, 0.717) is 4.83 Å². The van der Waals surface area contributed by atoms with E-state index in [9.17, 15) is 0 Å². The van der Waals surface area contributed by atoms with Crippen LogP contribution in [-0.4, -0.2) is 7.11 Å². The molecule has 1 unspecified atom stereocenters. The molecule has 1 atom stereocenters. The molecule has 1 aliphatic rings. The highest BCUT2D eigenvalue weighted by Crippen LogP contribution is 2.52. The third kappa shape index (κ3) is 1.58. The monoisotopic (exact) mass is 282 g/mol. The van der Waals surface area contributed by atoms with Gasteiger partial charge < -0.3 is 4.74 Å². The van der Waals surface area contributed by atoms with Crippen LogP contribution in [0.15, 0.2) is 6.07 Å². The Labute approximate surface area is 106 Å². The minimum atomic E-state index is 0.269. The Kier molecular flexibility index (Phi) is 2.82. The van der Waals surface area contributed by atoms with Crippen molar-refractivity contribution in [2.24, 2.45) is 0 Å². The molecule has 0 amide bonds. The predicted molar refractivity (Wildman–Crippen MR) is 71.8 cm³/mol. The maximum absolute atomic E-state index is 5.50. The Hall–Kier alpha value is -0.500. The van der Waals surface area contributed by atoms with Gasteiger partial charge in [0, 0.05) is 4.83 Å². The number of ether oxygens (including phenoxy) is 1. The second kappa shape index (κ2) is 3.76. The number of halogens is 1. The number of hydrogen-bond acceptors (Lipinski definition) is 1. The Morgan fingerprint density at radius 3 is 2.56 bits per heavy atom. The molecule has 0 heterocycles. The lowest BCUT2D eigenvalue weighted by Crippen LogP contribution is -2.12. The quantitative estimate of drug-likeness (QED) is 0.693. The summed E-state index contributed by atoms with van der Waals surface area (Å²) in [5.74, 6) is 1.04. The summed E-state index contributed by atoms with van der Waals surface area (Å²) in [7, 11) is 1.76. The molecule has 1 aromatic carbocycles. The van der Waals surface area contributed by atoms with Crippen molar-refractivity contribution in [1.29, 1.82) is 0 Å². The highest BCUT2D eigenvalue weighted by molar-refractivity contribution is 9.09. The molecule has 0 spiro atoms. The largest absolute Gasteiger partial charge is 0.496 e. The fourth-order valence-electron chi connectivity index (χ4n) is 2.92. The zero-order valence-electron chi connectivity index (χ0n) is 10.6. The first kappa shape index (κ1) is 12.0. The van der Waals surface area contributed by atoms with Crippen molar-refractivity contribution in [3.8, 4) is 5.75 Å². The molecule has 0 bridgehead atoms. The summed E-state index contributed by atoms with van der Waals surface area (Å²) in [6.45, 7) is 8.93. The summed E-state index contributed by atoms with van der Waals surface area (Å²) in [6, 6.07) is 2.29. The Bertz CT molecular complexity index is 435. The predicted octanol–water partition coefficient (Wildman–Crippen LogP) is 4.43. The van der Waals surface area contributed by atoms with Crippen LogP contribution in [0.2, 0.25) is 0 Å². The lowest BCUT2D eigenvalue weighted by Gasteiger charge is -2.21. The Balaban J connectivity index is 2.72. The number of rotatable bonds is 1. The van der Waals surface area contributed by atoms with E-state index in [-0.39, 0.29) is 5.41 Å². The summed E-state index contributed by atoms with van der Waals surface area (Å²) in [4.78, 5) is 0.465. The fraction of sp³-hybridized carbons (Fsp3) is 0.571. The zero-order valence-corrected chi connectivity index (χ0v) is 12.2. The van der Waals surface area contributed by atoms with E-state index in [0.717, 1.165) is 12.2 Å². The molecule has 1 nitrogen and oxygen atoms in total. The van der Waals surface area contributed by atoms with Crippen LogP contribution < -0.4 is 4.74 Å². The maximum atomic E-state index is 5.50. The molecule has 0 fully saturated rings. The minimum Gasteiger partial charge on any atom is -0.496 e. The minimum absolute atomic E-state index is 0.269. The van der Waals surface area contributed by atoms with Gasteiger partial charge in [-0.1, -0.05) is 35.8 Å². The van der Waals surface area contributed by atoms with Crippen molar-refractivity contribution in [3.63, 3.8) is 0 Å². The number of methoxy groups -OCH3 is 1. The van der Waals surface area contributed by atoms with Crippen molar-refractivity contribution in [1.82, 2.24) is 0 Å². The molecular weight excluding hydrogens is 264 g/mol. The van der Waals surface area contributed by atoms with E-state index in [1.165, 1.54) is 22.3 Å². The van der Waals surface area contributed by atoms with E-state index < -0.39 is 0 Å². The van der Waals surface area contributed by atoms with E-state index in [4.69, 9.17) is 4.74 Å². The van der Waals surface area contributed by atoms with E-state index in [1.54, 1.807) is 7.11 Å². The van der Waals surface area contributed by atoms with Crippen LogP contribution in [-0.2, 0) is 5.41 Å². The van der Waals surface area contributed by atoms with Gasteiger partial charge in [-0.3, -0.25) is 0 Å². The van der Waals surface area contributed by atoms with Gasteiger partial charge in [0.15, 0.2) is 0 Å². The highest BCUT2D eigenvalue weighted by Gasteiger charge is 2.37. The number of benzene rings is 1. The SMILES string of the molecule is COc1c(C)cc2c(c1C)C(Br)CC2(C)C. The third-order valence-corrected chi connectivity index (χ3v) is 4.47. The van der Waals surface area contributed by atoms with Crippen molar-refractivity contribution in [2.75, 3.05) is 7.11 Å². The van der Waals surface area contributed by atoms with Crippen LogP contribution in [0.5, 0.6) is 5.75 Å². The number of aryl methyl sites for hydroxylation is 1. The first-order valence-electron chi connectivity index (χ1n) is 5.71. The summed E-state index contributed by atoms with van der Waals surface area (Å²) >= 11 is 3.80. The number of alkyl halides is 1. The van der Waals surface area contributed by atoms with Gasteiger partial charge >= 0.3 is 0 Å². The smallest absolute Gasteiger partial charge is 0.125 e. The van der Waals surface area contributed by atoms with E-state index >= 15 is 0 Å². The van der Waals surface area contributed by atoms with Crippen LogP contribution in [0, 0.1) is 13.8 Å². The van der Waals surface area contributed by atoms with Gasteiger partial charge in [0.25, 0.3) is 0 Å². The number of fused-ring (bicyclic) bond motifs is 1. The van der Waals surface area contributed by atoms with Gasteiger partial charge in [0.2, 0.25) is 0 Å². The molecule has 0 radical (unpaired) electrons.